The molecule has 0 spiro atoms. The maximum atomic E-state index is 13.6. The summed E-state index contributed by atoms with van der Waals surface area (Å²) in [4.78, 5) is 28.9. The summed E-state index contributed by atoms with van der Waals surface area (Å²) in [6.07, 6.45) is 1.41. The number of allylic oxidation sites excluding steroid dienone is 2. The van der Waals surface area contributed by atoms with E-state index in [0.29, 0.717) is 18.6 Å². The van der Waals surface area contributed by atoms with Crippen LogP contribution in [0.1, 0.15) is 44.6 Å². The van der Waals surface area contributed by atoms with E-state index in [1.54, 1.807) is 12.0 Å². The molecule has 32 heavy (non-hydrogen) atoms. The second kappa shape index (κ2) is 7.63. The first-order chi connectivity index (χ1) is 15.4. The normalized spacial score (nSPS) is 20.5. The van der Waals surface area contributed by atoms with Gasteiger partial charge in [0.15, 0.2) is 5.78 Å². The molecule has 0 aromatic heterocycles. The van der Waals surface area contributed by atoms with Gasteiger partial charge in [0.2, 0.25) is 5.91 Å². The summed E-state index contributed by atoms with van der Waals surface area (Å²) in [5, 5.41) is 2.20. The Kier molecular flexibility index (Phi) is 4.89. The van der Waals surface area contributed by atoms with Crippen molar-refractivity contribution in [3.8, 4) is 5.75 Å². The lowest BCUT2D eigenvalue weighted by atomic mass is 9.69. The van der Waals surface area contributed by atoms with Crippen LogP contribution >= 0.6 is 0 Å². The molecule has 0 radical (unpaired) electrons. The molecule has 1 aliphatic heterocycles. The first-order valence-corrected chi connectivity index (χ1v) is 11.1. The molecule has 3 aromatic carbocycles. The lowest BCUT2D eigenvalue weighted by Crippen LogP contribution is -2.43. The monoisotopic (exact) mass is 425 g/mol. The molecular weight excluding hydrogens is 398 g/mol. The number of carbonyl (C=O) groups excluding carboxylic acids is 2. The molecule has 2 aliphatic rings. The summed E-state index contributed by atoms with van der Waals surface area (Å²) in [6, 6.07) is 21.9. The van der Waals surface area contributed by atoms with Crippen LogP contribution in [0.3, 0.4) is 0 Å². The average molecular weight is 426 g/mol. The van der Waals surface area contributed by atoms with Crippen molar-refractivity contribution in [1.29, 1.82) is 0 Å². The SMILES string of the molecule is COc1ccccc1C1CC(=O)N(c2ccc3ccccc3c2)C2=C1C(=O)CC(C)(C)C2. The van der Waals surface area contributed by atoms with Gasteiger partial charge in [-0.15, -0.1) is 0 Å². The van der Waals surface area contributed by atoms with Crippen LogP contribution < -0.4 is 9.64 Å². The highest BCUT2D eigenvalue weighted by Gasteiger charge is 2.44. The van der Waals surface area contributed by atoms with Crippen LogP contribution in [0.15, 0.2) is 78.0 Å². The Balaban J connectivity index is 1.71. The minimum atomic E-state index is -0.283. The van der Waals surface area contributed by atoms with Crippen molar-refractivity contribution in [1.82, 2.24) is 0 Å². The zero-order chi connectivity index (χ0) is 22.5. The Hall–Kier alpha value is -3.40. The summed E-state index contributed by atoms with van der Waals surface area (Å²) in [5.41, 5.74) is 3.14. The summed E-state index contributed by atoms with van der Waals surface area (Å²) < 4.78 is 5.59. The number of ether oxygens (including phenoxy) is 1. The minimum absolute atomic E-state index is 0.0143. The number of Topliss-reactive ketones (excluding diaryl/α,β-unsaturated/α-hetero) is 1. The predicted octanol–water partition coefficient (Wildman–Crippen LogP) is 6.01. The molecule has 0 N–H and O–H groups in total. The van der Waals surface area contributed by atoms with E-state index in [4.69, 9.17) is 4.74 Å². The highest BCUT2D eigenvalue weighted by atomic mass is 16.5. The Bertz CT molecular complexity index is 1270. The maximum Gasteiger partial charge on any atom is 0.232 e. The highest BCUT2D eigenvalue weighted by molar-refractivity contribution is 6.08. The molecule has 0 bridgehead atoms. The predicted molar refractivity (Wildman–Crippen MR) is 127 cm³/mol. The van der Waals surface area contributed by atoms with Gasteiger partial charge in [0.25, 0.3) is 0 Å². The molecule has 4 heteroatoms. The van der Waals surface area contributed by atoms with Crippen molar-refractivity contribution in [2.75, 3.05) is 12.0 Å². The van der Waals surface area contributed by atoms with E-state index in [2.05, 4.69) is 26.0 Å². The van der Waals surface area contributed by atoms with Crippen molar-refractivity contribution in [3.63, 3.8) is 0 Å². The molecule has 0 fully saturated rings. The molecule has 1 atom stereocenters. The number of rotatable bonds is 3. The van der Waals surface area contributed by atoms with Gasteiger partial charge < -0.3 is 4.74 Å². The molecule has 1 aliphatic carbocycles. The van der Waals surface area contributed by atoms with Gasteiger partial charge in [-0.05, 0) is 40.8 Å². The number of nitrogens with zero attached hydrogens (tertiary/aromatic N) is 1. The number of amides is 1. The molecule has 4 nitrogen and oxygen atoms in total. The molecule has 5 rings (SSSR count). The summed E-state index contributed by atoms with van der Waals surface area (Å²) in [7, 11) is 1.63. The Morgan fingerprint density at radius 3 is 2.41 bits per heavy atom. The van der Waals surface area contributed by atoms with Crippen LogP contribution in [0.2, 0.25) is 0 Å². The summed E-state index contributed by atoms with van der Waals surface area (Å²) >= 11 is 0. The first-order valence-electron chi connectivity index (χ1n) is 11.1. The van der Waals surface area contributed by atoms with Crippen molar-refractivity contribution in [2.45, 2.75) is 39.0 Å². The zero-order valence-electron chi connectivity index (χ0n) is 18.7. The fraction of sp³-hybridized carbons (Fsp3) is 0.286. The third-order valence-corrected chi connectivity index (χ3v) is 6.65. The lowest BCUT2D eigenvalue weighted by molar-refractivity contribution is -0.121. The smallest absolute Gasteiger partial charge is 0.232 e. The molecule has 0 saturated carbocycles. The number of ketones is 1. The van der Waals surface area contributed by atoms with Crippen LogP contribution in [0.25, 0.3) is 10.8 Å². The summed E-state index contributed by atoms with van der Waals surface area (Å²) in [5.74, 6) is 0.578. The Labute approximate surface area is 188 Å². The molecule has 1 unspecified atom stereocenters. The molecule has 1 amide bonds. The molecule has 1 heterocycles. The molecular formula is C28H27NO3. The maximum absolute atomic E-state index is 13.6. The van der Waals surface area contributed by atoms with Crippen molar-refractivity contribution in [2.24, 2.45) is 5.41 Å². The van der Waals surface area contributed by atoms with E-state index in [1.807, 2.05) is 54.6 Å². The summed E-state index contributed by atoms with van der Waals surface area (Å²) in [6.45, 7) is 4.20. The van der Waals surface area contributed by atoms with Crippen molar-refractivity contribution >= 4 is 28.2 Å². The third-order valence-electron chi connectivity index (χ3n) is 6.65. The van der Waals surface area contributed by atoms with E-state index in [9.17, 15) is 9.59 Å². The molecule has 162 valence electrons. The number of anilines is 1. The molecule has 3 aromatic rings. The minimum Gasteiger partial charge on any atom is -0.496 e. The Morgan fingerprint density at radius 1 is 0.906 bits per heavy atom. The molecule has 0 saturated heterocycles. The van der Waals surface area contributed by atoms with Gasteiger partial charge in [-0.1, -0.05) is 62.4 Å². The fourth-order valence-corrected chi connectivity index (χ4v) is 5.25. The van der Waals surface area contributed by atoms with E-state index in [1.165, 1.54) is 0 Å². The van der Waals surface area contributed by atoms with Crippen LogP contribution in [-0.2, 0) is 9.59 Å². The number of hydrogen-bond acceptors (Lipinski definition) is 3. The van der Waals surface area contributed by atoms with Crippen LogP contribution in [-0.4, -0.2) is 18.8 Å². The van der Waals surface area contributed by atoms with Crippen LogP contribution in [0, 0.1) is 5.41 Å². The van der Waals surface area contributed by atoms with E-state index in [0.717, 1.165) is 33.3 Å². The first kappa shape index (κ1) is 20.5. The van der Waals surface area contributed by atoms with Crippen molar-refractivity contribution < 1.29 is 14.3 Å². The number of fused-ring (bicyclic) bond motifs is 1. The quantitative estimate of drug-likeness (QED) is 0.516. The van der Waals surface area contributed by atoms with Crippen LogP contribution in [0.4, 0.5) is 5.69 Å². The van der Waals surface area contributed by atoms with E-state index < -0.39 is 0 Å². The van der Waals surface area contributed by atoms with Crippen LogP contribution in [0.5, 0.6) is 5.75 Å². The second-order valence-corrected chi connectivity index (χ2v) is 9.56. The largest absolute Gasteiger partial charge is 0.496 e. The number of carbonyl (C=O) groups is 2. The number of methoxy groups -OCH3 is 1. The van der Waals surface area contributed by atoms with Gasteiger partial charge in [0.05, 0.1) is 7.11 Å². The Morgan fingerprint density at radius 2 is 1.62 bits per heavy atom. The zero-order valence-corrected chi connectivity index (χ0v) is 18.7. The van der Waals surface area contributed by atoms with Gasteiger partial charge in [-0.3, -0.25) is 14.5 Å². The number of para-hydroxylation sites is 1. The lowest BCUT2D eigenvalue weighted by Gasteiger charge is -2.43. The second-order valence-electron chi connectivity index (χ2n) is 9.56. The topological polar surface area (TPSA) is 46.6 Å². The average Bonchev–Trinajstić information content (AvgIpc) is 2.77. The van der Waals surface area contributed by atoms with Gasteiger partial charge in [-0.25, -0.2) is 0 Å². The number of benzene rings is 3. The van der Waals surface area contributed by atoms with E-state index in [-0.39, 0.29) is 29.4 Å². The van der Waals surface area contributed by atoms with Gasteiger partial charge in [-0.2, -0.15) is 0 Å². The van der Waals surface area contributed by atoms with Gasteiger partial charge in [0.1, 0.15) is 5.75 Å². The number of hydrogen-bond donors (Lipinski definition) is 0. The van der Waals surface area contributed by atoms with E-state index >= 15 is 0 Å². The van der Waals surface area contributed by atoms with Gasteiger partial charge >= 0.3 is 0 Å². The third kappa shape index (κ3) is 3.40. The van der Waals surface area contributed by atoms with Crippen molar-refractivity contribution in [3.05, 3.63) is 83.6 Å². The fourth-order valence-electron chi connectivity index (χ4n) is 5.25. The standard InChI is InChI=1S/C28H27NO3/c1-28(2)16-23-27(24(30)17-28)22(21-10-6-7-11-25(21)32-3)15-26(31)29(23)20-13-12-18-8-4-5-9-19(18)14-20/h4-14,22H,15-17H2,1-3H3. The highest BCUT2D eigenvalue weighted by Crippen LogP contribution is 2.49. The van der Waals surface area contributed by atoms with Gasteiger partial charge in [0, 0.05) is 41.3 Å².